The Bertz CT molecular complexity index is 1070. The molecule has 160 valence electrons. The molecule has 1 heterocycles. The summed E-state index contributed by atoms with van der Waals surface area (Å²) in [5.74, 6) is -0.601. The molecule has 0 spiro atoms. The average Bonchev–Trinajstić information content (AvgIpc) is 2.77. The molecule has 2 atom stereocenters. The van der Waals surface area contributed by atoms with E-state index in [2.05, 4.69) is 33.4 Å². The quantitative estimate of drug-likeness (QED) is 0.553. The van der Waals surface area contributed by atoms with Crippen LogP contribution in [0.2, 0.25) is 0 Å². The van der Waals surface area contributed by atoms with Crippen LogP contribution in [-0.2, 0) is 14.3 Å². The Labute approximate surface area is 191 Å². The fraction of sp³-hybridized carbons (Fsp3) is 0.308. The van der Waals surface area contributed by atoms with Gasteiger partial charge in [-0.15, -0.1) is 0 Å². The van der Waals surface area contributed by atoms with E-state index in [1.807, 2.05) is 56.3 Å². The summed E-state index contributed by atoms with van der Waals surface area (Å²) in [6.45, 7) is 4.22. The van der Waals surface area contributed by atoms with Crippen molar-refractivity contribution in [3.63, 3.8) is 0 Å². The van der Waals surface area contributed by atoms with Crippen molar-refractivity contribution < 1.29 is 14.3 Å². The largest absolute Gasteiger partial charge is 0.462 e. The van der Waals surface area contributed by atoms with Crippen LogP contribution in [0, 0.1) is 0 Å². The van der Waals surface area contributed by atoms with E-state index < -0.39 is 5.92 Å². The topological polar surface area (TPSA) is 55.4 Å². The molecule has 1 aliphatic carbocycles. The third-order valence-electron chi connectivity index (χ3n) is 5.97. The van der Waals surface area contributed by atoms with Gasteiger partial charge in [0.25, 0.3) is 0 Å². The van der Waals surface area contributed by atoms with E-state index in [1.165, 1.54) is 0 Å². The van der Waals surface area contributed by atoms with Crippen LogP contribution in [0.1, 0.15) is 56.1 Å². The van der Waals surface area contributed by atoms with Gasteiger partial charge in [0.05, 0.1) is 12.2 Å². The number of dihydropyridines is 1. The maximum Gasteiger partial charge on any atom is 0.336 e. The van der Waals surface area contributed by atoms with Crippen LogP contribution in [0.25, 0.3) is 0 Å². The zero-order valence-corrected chi connectivity index (χ0v) is 19.4. The number of hydrogen-bond donors (Lipinski definition) is 1. The van der Waals surface area contributed by atoms with Gasteiger partial charge in [-0.05, 0) is 42.9 Å². The van der Waals surface area contributed by atoms with Crippen molar-refractivity contribution in [2.75, 3.05) is 6.61 Å². The number of hydrogen-bond acceptors (Lipinski definition) is 4. The summed E-state index contributed by atoms with van der Waals surface area (Å²) < 4.78 is 6.39. The minimum atomic E-state index is -0.444. The van der Waals surface area contributed by atoms with Gasteiger partial charge in [-0.1, -0.05) is 71.4 Å². The molecule has 0 amide bonds. The molecule has 1 aliphatic heterocycles. The molecule has 0 unspecified atom stereocenters. The van der Waals surface area contributed by atoms with Gasteiger partial charge in [0.2, 0.25) is 0 Å². The number of rotatable bonds is 5. The lowest BCUT2D eigenvalue weighted by Crippen LogP contribution is -2.36. The maximum atomic E-state index is 13.5. The molecule has 4 nitrogen and oxygen atoms in total. The second-order valence-corrected chi connectivity index (χ2v) is 8.94. The number of nitrogens with one attached hydrogen (secondary N) is 1. The van der Waals surface area contributed by atoms with Crippen LogP contribution >= 0.6 is 15.9 Å². The molecule has 0 aromatic heterocycles. The first kappa shape index (κ1) is 21.6. The Morgan fingerprint density at radius 2 is 1.81 bits per heavy atom. The zero-order valence-electron chi connectivity index (χ0n) is 17.8. The monoisotopic (exact) mass is 479 g/mol. The minimum absolute atomic E-state index is 0.0802. The van der Waals surface area contributed by atoms with E-state index in [0.717, 1.165) is 39.8 Å². The molecule has 2 aliphatic rings. The molecule has 0 fully saturated rings. The van der Waals surface area contributed by atoms with Crippen LogP contribution in [0.4, 0.5) is 0 Å². The van der Waals surface area contributed by atoms with Crippen molar-refractivity contribution in [1.29, 1.82) is 0 Å². The first-order chi connectivity index (χ1) is 15.0. The number of ether oxygens (including phenoxy) is 1. The number of Topliss-reactive ketones (excluding diaryl/α,β-unsaturated/α-hetero) is 1. The molecule has 0 bridgehead atoms. The normalized spacial score (nSPS) is 20.9. The Balaban J connectivity index is 1.80. The SMILES string of the molecule is CCCOC(=O)C1=C(C)NC2=C(C(=O)C[C@H](c3ccccc3)C2)[C@@H]1c1ccccc1Br. The van der Waals surface area contributed by atoms with Gasteiger partial charge >= 0.3 is 5.97 Å². The van der Waals surface area contributed by atoms with E-state index in [-0.39, 0.29) is 17.7 Å². The summed E-state index contributed by atoms with van der Waals surface area (Å²) in [5.41, 5.74) is 4.94. The molecule has 0 saturated heterocycles. The van der Waals surface area contributed by atoms with Crippen molar-refractivity contribution >= 4 is 27.7 Å². The smallest absolute Gasteiger partial charge is 0.336 e. The third-order valence-corrected chi connectivity index (χ3v) is 6.69. The molecular weight excluding hydrogens is 454 g/mol. The number of benzene rings is 2. The number of halogens is 1. The zero-order chi connectivity index (χ0) is 22.0. The second-order valence-electron chi connectivity index (χ2n) is 8.09. The molecule has 1 N–H and O–H groups in total. The number of carbonyl (C=O) groups is 2. The summed E-state index contributed by atoms with van der Waals surface area (Å²) in [5, 5.41) is 3.40. The molecule has 5 heteroatoms. The lowest BCUT2D eigenvalue weighted by molar-refractivity contribution is -0.139. The predicted octanol–water partition coefficient (Wildman–Crippen LogP) is 5.76. The first-order valence-electron chi connectivity index (χ1n) is 10.7. The molecular formula is C26H26BrNO3. The predicted molar refractivity (Wildman–Crippen MR) is 124 cm³/mol. The fourth-order valence-corrected chi connectivity index (χ4v) is 5.08. The Kier molecular flexibility index (Phi) is 6.42. The van der Waals surface area contributed by atoms with Gasteiger partial charge in [0.15, 0.2) is 5.78 Å². The molecule has 0 saturated carbocycles. The van der Waals surface area contributed by atoms with Gasteiger partial charge in [-0.25, -0.2) is 4.79 Å². The number of allylic oxidation sites excluding steroid dienone is 3. The van der Waals surface area contributed by atoms with E-state index in [9.17, 15) is 9.59 Å². The van der Waals surface area contributed by atoms with Gasteiger partial charge in [-0.2, -0.15) is 0 Å². The number of ketones is 1. The highest BCUT2D eigenvalue weighted by Crippen LogP contribution is 2.47. The van der Waals surface area contributed by atoms with E-state index >= 15 is 0 Å². The Morgan fingerprint density at radius 3 is 2.52 bits per heavy atom. The van der Waals surface area contributed by atoms with Crippen molar-refractivity contribution in [1.82, 2.24) is 5.32 Å². The fourth-order valence-electron chi connectivity index (χ4n) is 4.56. The van der Waals surface area contributed by atoms with Crippen LogP contribution < -0.4 is 5.32 Å². The van der Waals surface area contributed by atoms with Crippen molar-refractivity contribution in [2.24, 2.45) is 0 Å². The van der Waals surface area contributed by atoms with Crippen LogP contribution in [0.15, 0.2) is 81.6 Å². The maximum absolute atomic E-state index is 13.5. The van der Waals surface area contributed by atoms with Gasteiger partial charge in [-0.3, -0.25) is 4.79 Å². The Morgan fingerprint density at radius 1 is 1.10 bits per heavy atom. The lowest BCUT2D eigenvalue weighted by Gasteiger charge is -2.37. The highest BCUT2D eigenvalue weighted by Gasteiger charge is 2.41. The van der Waals surface area contributed by atoms with Gasteiger partial charge in [0, 0.05) is 33.8 Å². The summed E-state index contributed by atoms with van der Waals surface area (Å²) >= 11 is 3.64. The molecule has 2 aromatic rings. The Hall–Kier alpha value is -2.66. The van der Waals surface area contributed by atoms with Crippen molar-refractivity contribution in [3.8, 4) is 0 Å². The van der Waals surface area contributed by atoms with Crippen molar-refractivity contribution in [3.05, 3.63) is 92.7 Å². The average molecular weight is 480 g/mol. The van der Waals surface area contributed by atoms with Gasteiger partial charge < -0.3 is 10.1 Å². The van der Waals surface area contributed by atoms with Gasteiger partial charge in [0.1, 0.15) is 0 Å². The van der Waals surface area contributed by atoms with E-state index in [4.69, 9.17) is 4.74 Å². The van der Waals surface area contributed by atoms with Crippen molar-refractivity contribution in [2.45, 2.75) is 44.9 Å². The summed E-state index contributed by atoms with van der Waals surface area (Å²) in [6, 6.07) is 18.0. The summed E-state index contributed by atoms with van der Waals surface area (Å²) in [7, 11) is 0. The van der Waals surface area contributed by atoms with E-state index in [0.29, 0.717) is 24.2 Å². The van der Waals surface area contributed by atoms with E-state index in [1.54, 1.807) is 0 Å². The molecule has 31 heavy (non-hydrogen) atoms. The molecule has 2 aromatic carbocycles. The first-order valence-corrected chi connectivity index (χ1v) is 11.5. The van der Waals surface area contributed by atoms with Crippen LogP contribution in [0.3, 0.4) is 0 Å². The lowest BCUT2D eigenvalue weighted by atomic mass is 9.72. The standard InChI is InChI=1S/C26H26BrNO3/c1-3-13-31-26(30)23-16(2)28-21-14-18(17-9-5-4-6-10-17)15-22(29)25(21)24(23)19-11-7-8-12-20(19)27/h4-12,18,24,28H,3,13-15H2,1-2H3/t18-,24-/m1/s1. The number of carbonyl (C=O) groups excluding carboxylic acids is 2. The number of esters is 1. The highest BCUT2D eigenvalue weighted by atomic mass is 79.9. The van der Waals surface area contributed by atoms with Crippen LogP contribution in [0.5, 0.6) is 0 Å². The molecule has 0 radical (unpaired) electrons. The summed E-state index contributed by atoms with van der Waals surface area (Å²) in [6.07, 6.45) is 1.92. The molecule has 4 rings (SSSR count). The second kappa shape index (κ2) is 9.23. The van der Waals surface area contributed by atoms with Crippen LogP contribution in [-0.4, -0.2) is 18.4 Å². The minimum Gasteiger partial charge on any atom is -0.462 e. The summed E-state index contributed by atoms with van der Waals surface area (Å²) in [4.78, 5) is 26.6. The third kappa shape index (κ3) is 4.24. The highest BCUT2D eigenvalue weighted by molar-refractivity contribution is 9.10.